The normalized spacial score (nSPS) is 14.8. The molecule has 1 saturated carbocycles. The van der Waals surface area contributed by atoms with Gasteiger partial charge in [0.1, 0.15) is 5.75 Å². The largest absolute Gasteiger partial charge is 0.494 e. The van der Waals surface area contributed by atoms with E-state index in [1.807, 2.05) is 31.2 Å². The highest BCUT2D eigenvalue weighted by Gasteiger charge is 2.29. The van der Waals surface area contributed by atoms with Crippen molar-refractivity contribution >= 4 is 11.6 Å². The fraction of sp³-hybridized carbons (Fsp3) is 0.381. The van der Waals surface area contributed by atoms with E-state index >= 15 is 0 Å². The quantitative estimate of drug-likeness (QED) is 0.755. The molecule has 1 unspecified atom stereocenters. The van der Waals surface area contributed by atoms with Gasteiger partial charge < -0.3 is 15.4 Å². The van der Waals surface area contributed by atoms with E-state index in [0.29, 0.717) is 6.61 Å². The highest BCUT2D eigenvalue weighted by atomic mass is 16.5. The van der Waals surface area contributed by atoms with E-state index in [-0.39, 0.29) is 17.9 Å². The summed E-state index contributed by atoms with van der Waals surface area (Å²) in [5.41, 5.74) is 3.27. The minimum Gasteiger partial charge on any atom is -0.494 e. The zero-order chi connectivity index (χ0) is 17.6. The van der Waals surface area contributed by atoms with Crippen molar-refractivity contribution in [3.63, 3.8) is 0 Å². The molecule has 2 N–H and O–H groups in total. The number of carbonyl (C=O) groups excluding carboxylic acids is 1. The Kier molecular flexibility index (Phi) is 5.71. The van der Waals surface area contributed by atoms with Crippen LogP contribution in [0.1, 0.15) is 43.9 Å². The summed E-state index contributed by atoms with van der Waals surface area (Å²) < 4.78 is 5.54. The van der Waals surface area contributed by atoms with Crippen LogP contribution in [0, 0.1) is 5.92 Å². The molecule has 2 aromatic rings. The Balaban J connectivity index is 1.53. The Morgan fingerprint density at radius 2 is 1.96 bits per heavy atom. The Labute approximate surface area is 149 Å². The molecule has 0 radical (unpaired) electrons. The number of hydrogen-bond acceptors (Lipinski definition) is 3. The van der Waals surface area contributed by atoms with Crippen molar-refractivity contribution < 1.29 is 9.53 Å². The molecule has 4 nitrogen and oxygen atoms in total. The molecule has 1 aliphatic rings. The van der Waals surface area contributed by atoms with Gasteiger partial charge in [0, 0.05) is 24.2 Å². The van der Waals surface area contributed by atoms with Crippen molar-refractivity contribution in [1.29, 1.82) is 0 Å². The van der Waals surface area contributed by atoms with Crippen LogP contribution in [0.15, 0.2) is 48.5 Å². The third-order valence-corrected chi connectivity index (χ3v) is 4.45. The van der Waals surface area contributed by atoms with Crippen LogP contribution in [0.4, 0.5) is 5.69 Å². The fourth-order valence-electron chi connectivity index (χ4n) is 2.75. The average molecular weight is 338 g/mol. The molecule has 1 atom stereocenters. The minimum atomic E-state index is 0.146. The molecule has 0 aliphatic heterocycles. The highest BCUT2D eigenvalue weighted by Crippen LogP contribution is 2.30. The van der Waals surface area contributed by atoms with E-state index in [1.165, 1.54) is 11.1 Å². The number of ether oxygens (including phenoxy) is 1. The van der Waals surface area contributed by atoms with Crippen molar-refractivity contribution in [2.45, 2.75) is 39.3 Å². The first kappa shape index (κ1) is 17.5. The van der Waals surface area contributed by atoms with Gasteiger partial charge in [-0.1, -0.05) is 24.3 Å². The van der Waals surface area contributed by atoms with E-state index in [2.05, 4.69) is 41.8 Å². The lowest BCUT2D eigenvalue weighted by molar-refractivity contribution is -0.117. The van der Waals surface area contributed by atoms with Crippen molar-refractivity contribution in [3.8, 4) is 5.75 Å². The molecule has 25 heavy (non-hydrogen) atoms. The summed E-state index contributed by atoms with van der Waals surface area (Å²) >= 11 is 0. The van der Waals surface area contributed by atoms with Crippen LogP contribution in [0.2, 0.25) is 0 Å². The standard InChI is InChI=1S/C21H26N2O2/c1-3-25-20-6-4-5-16(13-20)14-22-15(2)17-9-11-19(12-10-17)23-21(24)18-7-8-18/h4-6,9-13,15,18,22H,3,7-8,14H2,1-2H3,(H,23,24). The van der Waals surface area contributed by atoms with Gasteiger partial charge >= 0.3 is 0 Å². The van der Waals surface area contributed by atoms with Gasteiger partial charge in [0.2, 0.25) is 5.91 Å². The third kappa shape index (κ3) is 5.07. The molecule has 132 valence electrons. The predicted octanol–water partition coefficient (Wildman–Crippen LogP) is 4.28. The van der Waals surface area contributed by atoms with Crippen LogP contribution in [-0.4, -0.2) is 12.5 Å². The van der Waals surface area contributed by atoms with Gasteiger partial charge in [-0.2, -0.15) is 0 Å². The molecule has 3 rings (SSSR count). The Hall–Kier alpha value is -2.33. The van der Waals surface area contributed by atoms with Gasteiger partial charge in [-0.25, -0.2) is 0 Å². The first-order valence-corrected chi connectivity index (χ1v) is 9.01. The van der Waals surface area contributed by atoms with Gasteiger partial charge in [0.25, 0.3) is 0 Å². The maximum absolute atomic E-state index is 11.8. The predicted molar refractivity (Wildman–Crippen MR) is 101 cm³/mol. The maximum Gasteiger partial charge on any atom is 0.227 e. The van der Waals surface area contributed by atoms with E-state index < -0.39 is 0 Å². The minimum absolute atomic E-state index is 0.146. The Morgan fingerprint density at radius 3 is 2.64 bits per heavy atom. The smallest absolute Gasteiger partial charge is 0.227 e. The number of carbonyl (C=O) groups is 1. The van der Waals surface area contributed by atoms with Crippen LogP contribution < -0.4 is 15.4 Å². The third-order valence-electron chi connectivity index (χ3n) is 4.45. The number of amides is 1. The number of benzene rings is 2. The molecule has 1 amide bonds. The summed E-state index contributed by atoms with van der Waals surface area (Å²) in [5.74, 6) is 1.28. The summed E-state index contributed by atoms with van der Waals surface area (Å²) in [5, 5.41) is 6.50. The van der Waals surface area contributed by atoms with E-state index in [4.69, 9.17) is 4.74 Å². The van der Waals surface area contributed by atoms with E-state index in [9.17, 15) is 4.79 Å². The molecule has 0 heterocycles. The number of nitrogens with one attached hydrogen (secondary N) is 2. The number of anilines is 1. The monoisotopic (exact) mass is 338 g/mol. The molecule has 1 aliphatic carbocycles. The second-order valence-electron chi connectivity index (χ2n) is 6.57. The Bertz CT molecular complexity index is 708. The van der Waals surface area contributed by atoms with Gasteiger partial charge in [0.05, 0.1) is 6.61 Å². The van der Waals surface area contributed by atoms with Crippen molar-refractivity contribution in [3.05, 3.63) is 59.7 Å². The molecule has 4 heteroatoms. The first-order valence-electron chi connectivity index (χ1n) is 9.01. The number of hydrogen-bond donors (Lipinski definition) is 2. The molecular formula is C21H26N2O2. The lowest BCUT2D eigenvalue weighted by Crippen LogP contribution is -2.18. The topological polar surface area (TPSA) is 50.4 Å². The zero-order valence-electron chi connectivity index (χ0n) is 14.9. The lowest BCUT2D eigenvalue weighted by atomic mass is 10.1. The summed E-state index contributed by atoms with van der Waals surface area (Å²) in [6.45, 7) is 5.59. The van der Waals surface area contributed by atoms with E-state index in [0.717, 1.165) is 30.8 Å². The van der Waals surface area contributed by atoms with E-state index in [1.54, 1.807) is 0 Å². The molecule has 1 fully saturated rings. The van der Waals surface area contributed by atoms with Crippen LogP contribution in [-0.2, 0) is 11.3 Å². The molecule has 2 aromatic carbocycles. The molecule has 0 bridgehead atoms. The van der Waals surface area contributed by atoms with Gasteiger partial charge in [-0.3, -0.25) is 4.79 Å². The second kappa shape index (κ2) is 8.17. The highest BCUT2D eigenvalue weighted by molar-refractivity contribution is 5.94. The molecular weight excluding hydrogens is 312 g/mol. The number of rotatable bonds is 8. The summed E-state index contributed by atoms with van der Waals surface area (Å²) in [6.07, 6.45) is 2.05. The Morgan fingerprint density at radius 1 is 1.20 bits per heavy atom. The van der Waals surface area contributed by atoms with Crippen molar-refractivity contribution in [2.24, 2.45) is 5.92 Å². The van der Waals surface area contributed by atoms with Crippen LogP contribution in [0.3, 0.4) is 0 Å². The van der Waals surface area contributed by atoms with Crippen LogP contribution in [0.25, 0.3) is 0 Å². The van der Waals surface area contributed by atoms with Gasteiger partial charge in [0.15, 0.2) is 0 Å². The lowest BCUT2D eigenvalue weighted by Gasteiger charge is -2.15. The summed E-state index contributed by atoms with van der Waals surface area (Å²) in [6, 6.07) is 16.5. The molecule has 0 spiro atoms. The fourth-order valence-corrected chi connectivity index (χ4v) is 2.75. The molecule has 0 aromatic heterocycles. The summed E-state index contributed by atoms with van der Waals surface area (Å²) in [4.78, 5) is 11.8. The first-order chi connectivity index (χ1) is 12.2. The average Bonchev–Trinajstić information content (AvgIpc) is 3.46. The van der Waals surface area contributed by atoms with Gasteiger partial charge in [-0.15, -0.1) is 0 Å². The second-order valence-corrected chi connectivity index (χ2v) is 6.57. The van der Waals surface area contributed by atoms with Crippen LogP contribution >= 0.6 is 0 Å². The summed E-state index contributed by atoms with van der Waals surface area (Å²) in [7, 11) is 0. The van der Waals surface area contributed by atoms with Gasteiger partial charge in [-0.05, 0) is 62.1 Å². The zero-order valence-corrected chi connectivity index (χ0v) is 14.9. The van der Waals surface area contributed by atoms with Crippen molar-refractivity contribution in [2.75, 3.05) is 11.9 Å². The van der Waals surface area contributed by atoms with Crippen LogP contribution in [0.5, 0.6) is 5.75 Å². The maximum atomic E-state index is 11.8. The van der Waals surface area contributed by atoms with Crippen molar-refractivity contribution in [1.82, 2.24) is 5.32 Å². The molecule has 0 saturated heterocycles. The SMILES string of the molecule is CCOc1cccc(CNC(C)c2ccc(NC(=O)C3CC3)cc2)c1.